The quantitative estimate of drug-likeness (QED) is 0.595. The van der Waals surface area contributed by atoms with Crippen LogP contribution in [-0.2, 0) is 0 Å². The summed E-state index contributed by atoms with van der Waals surface area (Å²) in [4.78, 5) is 37.4. The van der Waals surface area contributed by atoms with E-state index in [0.29, 0.717) is 22.9 Å². The lowest BCUT2D eigenvalue weighted by Crippen LogP contribution is -2.34. The highest BCUT2D eigenvalue weighted by Crippen LogP contribution is 2.32. The third-order valence-electron chi connectivity index (χ3n) is 5.06. The van der Waals surface area contributed by atoms with Gasteiger partial charge in [-0.3, -0.25) is 19.7 Å². The van der Waals surface area contributed by atoms with Crippen LogP contribution >= 0.6 is 0 Å². The molecule has 1 saturated heterocycles. The van der Waals surface area contributed by atoms with Crippen LogP contribution in [0.5, 0.6) is 0 Å². The first-order valence-corrected chi connectivity index (χ1v) is 9.56. The van der Waals surface area contributed by atoms with E-state index in [1.807, 2.05) is 4.90 Å². The molecule has 0 unspecified atom stereocenters. The molecule has 2 N–H and O–H groups in total. The Hall–Kier alpha value is -3.42. The molecule has 3 rings (SSSR count). The van der Waals surface area contributed by atoms with Crippen molar-refractivity contribution in [3.8, 4) is 0 Å². The lowest BCUT2D eigenvalue weighted by molar-refractivity contribution is -0.384. The maximum atomic E-state index is 12.6. The van der Waals surface area contributed by atoms with E-state index in [9.17, 15) is 19.7 Å². The van der Waals surface area contributed by atoms with Crippen molar-refractivity contribution in [3.63, 3.8) is 0 Å². The Morgan fingerprint density at radius 3 is 2.41 bits per heavy atom. The molecule has 2 amide bonds. The van der Waals surface area contributed by atoms with E-state index < -0.39 is 10.8 Å². The van der Waals surface area contributed by atoms with Gasteiger partial charge in [0.25, 0.3) is 17.5 Å². The van der Waals surface area contributed by atoms with Gasteiger partial charge in [0.05, 0.1) is 4.92 Å². The van der Waals surface area contributed by atoms with Gasteiger partial charge in [-0.1, -0.05) is 6.92 Å². The summed E-state index contributed by atoms with van der Waals surface area (Å²) in [5.74, 6) is -0.190. The van der Waals surface area contributed by atoms with Crippen LogP contribution in [0.3, 0.4) is 0 Å². The van der Waals surface area contributed by atoms with Gasteiger partial charge < -0.3 is 15.5 Å². The average molecular weight is 396 g/mol. The molecule has 0 aromatic heterocycles. The van der Waals surface area contributed by atoms with Crippen molar-refractivity contribution < 1.29 is 14.5 Å². The lowest BCUT2D eigenvalue weighted by atomic mass is 9.99. The molecule has 1 heterocycles. The number of hydrogen-bond donors (Lipinski definition) is 2. The van der Waals surface area contributed by atoms with Gasteiger partial charge in [-0.2, -0.15) is 0 Å². The largest absolute Gasteiger partial charge is 0.366 e. The minimum absolute atomic E-state index is 0.0679. The highest BCUT2D eigenvalue weighted by Gasteiger charge is 2.25. The summed E-state index contributed by atoms with van der Waals surface area (Å²) in [5.41, 5.74) is 1.66. The van der Waals surface area contributed by atoms with Crippen molar-refractivity contribution in [2.24, 2.45) is 5.92 Å². The molecular weight excluding hydrogens is 372 g/mol. The Bertz CT molecular complexity index is 927. The SMILES string of the molecule is CNC(=O)c1ccc(NC(=O)c2ccc(N3CCC[C@@H](C)C3)c([N+](=O)[O-])c2)cc1. The van der Waals surface area contributed by atoms with Crippen LogP contribution in [0, 0.1) is 16.0 Å². The number of piperidine rings is 1. The topological polar surface area (TPSA) is 105 Å². The fourth-order valence-corrected chi connectivity index (χ4v) is 3.54. The Labute approximate surface area is 169 Å². The summed E-state index contributed by atoms with van der Waals surface area (Å²) in [6, 6.07) is 11.0. The van der Waals surface area contributed by atoms with Crippen LogP contribution in [0.15, 0.2) is 42.5 Å². The molecule has 0 spiro atoms. The number of nitro benzene ring substituents is 1. The number of nitrogens with one attached hydrogen (secondary N) is 2. The van der Waals surface area contributed by atoms with Gasteiger partial charge in [0.2, 0.25) is 0 Å². The minimum Gasteiger partial charge on any atom is -0.366 e. The van der Waals surface area contributed by atoms with E-state index in [4.69, 9.17) is 0 Å². The average Bonchev–Trinajstić information content (AvgIpc) is 2.73. The van der Waals surface area contributed by atoms with Crippen molar-refractivity contribution in [1.29, 1.82) is 0 Å². The molecule has 8 heteroatoms. The van der Waals surface area contributed by atoms with Gasteiger partial charge in [0, 0.05) is 43.0 Å². The third kappa shape index (κ3) is 4.71. The smallest absolute Gasteiger partial charge is 0.293 e. The highest BCUT2D eigenvalue weighted by atomic mass is 16.6. The second kappa shape index (κ2) is 8.72. The van der Waals surface area contributed by atoms with Gasteiger partial charge in [-0.15, -0.1) is 0 Å². The Morgan fingerprint density at radius 1 is 1.10 bits per heavy atom. The lowest BCUT2D eigenvalue weighted by Gasteiger charge is -2.32. The number of hydrogen-bond acceptors (Lipinski definition) is 5. The van der Waals surface area contributed by atoms with E-state index >= 15 is 0 Å². The summed E-state index contributed by atoms with van der Waals surface area (Å²) >= 11 is 0. The highest BCUT2D eigenvalue weighted by molar-refractivity contribution is 6.05. The first kappa shape index (κ1) is 20.3. The number of nitro groups is 1. The molecule has 1 atom stereocenters. The molecule has 0 saturated carbocycles. The van der Waals surface area contributed by atoms with Crippen LogP contribution in [0.2, 0.25) is 0 Å². The Morgan fingerprint density at radius 2 is 1.79 bits per heavy atom. The zero-order chi connectivity index (χ0) is 21.0. The zero-order valence-corrected chi connectivity index (χ0v) is 16.5. The number of anilines is 2. The molecule has 1 aliphatic heterocycles. The Kier molecular flexibility index (Phi) is 6.11. The molecule has 2 aromatic carbocycles. The van der Waals surface area contributed by atoms with Crippen LogP contribution in [0.4, 0.5) is 17.1 Å². The van der Waals surface area contributed by atoms with Crippen molar-refractivity contribution in [3.05, 3.63) is 63.7 Å². The fourth-order valence-electron chi connectivity index (χ4n) is 3.54. The van der Waals surface area contributed by atoms with Crippen molar-refractivity contribution >= 4 is 28.9 Å². The van der Waals surface area contributed by atoms with Crippen LogP contribution < -0.4 is 15.5 Å². The predicted octanol–water partition coefficient (Wildman–Crippen LogP) is 3.44. The van der Waals surface area contributed by atoms with Crippen molar-refractivity contribution in [2.75, 3.05) is 30.4 Å². The first-order valence-electron chi connectivity index (χ1n) is 9.56. The molecule has 0 bridgehead atoms. The van der Waals surface area contributed by atoms with E-state index in [-0.39, 0.29) is 17.2 Å². The molecule has 0 radical (unpaired) electrons. The van der Waals surface area contributed by atoms with E-state index in [1.165, 1.54) is 6.07 Å². The summed E-state index contributed by atoms with van der Waals surface area (Å²) in [6.07, 6.45) is 2.11. The second-order valence-corrected chi connectivity index (χ2v) is 7.26. The van der Waals surface area contributed by atoms with E-state index in [2.05, 4.69) is 17.6 Å². The molecule has 2 aromatic rings. The summed E-state index contributed by atoms with van der Waals surface area (Å²) in [7, 11) is 1.54. The minimum atomic E-state index is -0.445. The number of nitrogens with zero attached hydrogens (tertiary/aromatic N) is 2. The van der Waals surface area contributed by atoms with Crippen LogP contribution in [0.25, 0.3) is 0 Å². The number of benzene rings is 2. The summed E-state index contributed by atoms with van der Waals surface area (Å²) in [6.45, 7) is 3.67. The monoisotopic (exact) mass is 396 g/mol. The van der Waals surface area contributed by atoms with Crippen molar-refractivity contribution in [2.45, 2.75) is 19.8 Å². The fraction of sp³-hybridized carbons (Fsp3) is 0.333. The van der Waals surface area contributed by atoms with Crippen LogP contribution in [-0.4, -0.2) is 36.9 Å². The van der Waals surface area contributed by atoms with Crippen molar-refractivity contribution in [1.82, 2.24) is 5.32 Å². The standard InChI is InChI=1S/C21H24N4O4/c1-14-4-3-11-24(13-14)18-10-7-16(12-19(18)25(28)29)21(27)23-17-8-5-15(6-9-17)20(26)22-2/h5-10,12,14H,3-4,11,13H2,1-2H3,(H,22,26)(H,23,27)/t14-/m1/s1. The maximum absolute atomic E-state index is 12.6. The third-order valence-corrected chi connectivity index (χ3v) is 5.06. The molecule has 8 nitrogen and oxygen atoms in total. The van der Waals surface area contributed by atoms with E-state index in [1.54, 1.807) is 43.4 Å². The summed E-state index contributed by atoms with van der Waals surface area (Å²) < 4.78 is 0. The number of carbonyl (C=O) groups is 2. The Balaban J connectivity index is 1.79. The van der Waals surface area contributed by atoms with Gasteiger partial charge >= 0.3 is 0 Å². The zero-order valence-electron chi connectivity index (χ0n) is 16.5. The predicted molar refractivity (Wildman–Crippen MR) is 111 cm³/mol. The van der Waals surface area contributed by atoms with Gasteiger partial charge in [-0.05, 0) is 55.2 Å². The maximum Gasteiger partial charge on any atom is 0.293 e. The number of rotatable bonds is 5. The molecular formula is C21H24N4O4. The van der Waals surface area contributed by atoms with Gasteiger partial charge in [0.15, 0.2) is 0 Å². The molecule has 29 heavy (non-hydrogen) atoms. The molecule has 152 valence electrons. The van der Waals surface area contributed by atoms with Gasteiger partial charge in [0.1, 0.15) is 5.69 Å². The second-order valence-electron chi connectivity index (χ2n) is 7.26. The normalized spacial score (nSPS) is 16.2. The van der Waals surface area contributed by atoms with Crippen LogP contribution in [0.1, 0.15) is 40.5 Å². The molecule has 1 aliphatic rings. The number of carbonyl (C=O) groups excluding carboxylic acids is 2. The van der Waals surface area contributed by atoms with Gasteiger partial charge in [-0.25, -0.2) is 0 Å². The molecule has 1 fully saturated rings. The molecule has 0 aliphatic carbocycles. The number of amides is 2. The van der Waals surface area contributed by atoms with E-state index in [0.717, 1.165) is 25.9 Å². The first-order chi connectivity index (χ1) is 13.9. The summed E-state index contributed by atoms with van der Waals surface area (Å²) in [5, 5.41) is 16.9.